The van der Waals surface area contributed by atoms with Crippen molar-refractivity contribution >= 4 is 44.5 Å². The summed E-state index contributed by atoms with van der Waals surface area (Å²) in [6.07, 6.45) is 1.46. The molecular formula is C22H20N4O2S. The van der Waals surface area contributed by atoms with Crippen LogP contribution < -0.4 is 15.4 Å². The van der Waals surface area contributed by atoms with Crippen molar-refractivity contribution < 1.29 is 9.53 Å². The number of thiophene rings is 1. The number of carbonyl (C=O) groups excluding carboxylic acids is 1. The van der Waals surface area contributed by atoms with Crippen LogP contribution in [0.5, 0.6) is 5.88 Å². The Balaban J connectivity index is 1.52. The van der Waals surface area contributed by atoms with E-state index in [1.54, 1.807) is 0 Å². The summed E-state index contributed by atoms with van der Waals surface area (Å²) in [4.78, 5) is 22.7. The summed E-state index contributed by atoms with van der Waals surface area (Å²) in [5.41, 5.74) is 3.51. The molecule has 0 fully saturated rings. The average Bonchev–Trinajstić information content (AvgIpc) is 3.08. The van der Waals surface area contributed by atoms with Crippen LogP contribution in [-0.4, -0.2) is 22.5 Å². The van der Waals surface area contributed by atoms with Gasteiger partial charge in [0.2, 0.25) is 5.88 Å². The minimum Gasteiger partial charge on any atom is -0.477 e. The van der Waals surface area contributed by atoms with E-state index in [9.17, 15) is 4.79 Å². The fourth-order valence-electron chi connectivity index (χ4n) is 3.01. The average molecular weight is 404 g/mol. The van der Waals surface area contributed by atoms with E-state index < -0.39 is 0 Å². The topological polar surface area (TPSA) is 76.1 Å². The van der Waals surface area contributed by atoms with Gasteiger partial charge in [-0.15, -0.1) is 11.3 Å². The molecule has 0 bridgehead atoms. The number of hydrogen-bond donors (Lipinski definition) is 2. The first kappa shape index (κ1) is 18.9. The molecule has 4 rings (SSSR count). The van der Waals surface area contributed by atoms with Gasteiger partial charge in [-0.3, -0.25) is 4.79 Å². The second kappa shape index (κ2) is 8.28. The van der Waals surface area contributed by atoms with Crippen molar-refractivity contribution in [3.05, 3.63) is 71.4 Å². The molecular weight excluding hydrogens is 384 g/mol. The van der Waals surface area contributed by atoms with E-state index in [1.165, 1.54) is 17.7 Å². The highest BCUT2D eigenvalue weighted by Gasteiger charge is 2.20. The standard InChI is InChI=1S/C22H20N4O2S/c1-3-28-21-18-14(2)19(29-22(18)24-13-23-21)20(27)26-17-11-9-16(10-12-17)25-15-7-5-4-6-8-15/h4-13,25H,3H2,1-2H3,(H,26,27). The number of amides is 1. The van der Waals surface area contributed by atoms with Crippen molar-refractivity contribution in [2.45, 2.75) is 13.8 Å². The molecule has 0 unspecified atom stereocenters. The van der Waals surface area contributed by atoms with Crippen LogP contribution in [0.1, 0.15) is 22.2 Å². The molecule has 0 spiro atoms. The Kier molecular flexibility index (Phi) is 5.39. The number of fused-ring (bicyclic) bond motifs is 1. The minimum atomic E-state index is -0.170. The molecule has 0 aliphatic rings. The maximum atomic E-state index is 12.8. The van der Waals surface area contributed by atoms with Crippen LogP contribution in [0.25, 0.3) is 10.2 Å². The summed E-state index contributed by atoms with van der Waals surface area (Å²) in [6.45, 7) is 4.30. The number of nitrogens with one attached hydrogen (secondary N) is 2. The molecule has 0 saturated carbocycles. The number of ether oxygens (including phenoxy) is 1. The molecule has 4 aromatic rings. The molecule has 0 saturated heterocycles. The van der Waals surface area contributed by atoms with Crippen LogP contribution in [0.2, 0.25) is 0 Å². The lowest BCUT2D eigenvalue weighted by Gasteiger charge is -2.08. The van der Waals surface area contributed by atoms with E-state index in [-0.39, 0.29) is 5.91 Å². The Bertz CT molecular complexity index is 1140. The van der Waals surface area contributed by atoms with Crippen molar-refractivity contribution in [2.75, 3.05) is 17.2 Å². The predicted molar refractivity (Wildman–Crippen MR) is 117 cm³/mol. The van der Waals surface area contributed by atoms with Crippen molar-refractivity contribution in [3.63, 3.8) is 0 Å². The summed E-state index contributed by atoms with van der Waals surface area (Å²) < 4.78 is 5.59. The van der Waals surface area contributed by atoms with Gasteiger partial charge in [-0.05, 0) is 55.8 Å². The zero-order valence-electron chi connectivity index (χ0n) is 16.1. The quantitative estimate of drug-likeness (QED) is 0.450. The molecule has 29 heavy (non-hydrogen) atoms. The lowest BCUT2D eigenvalue weighted by molar-refractivity contribution is 0.103. The molecule has 0 aliphatic carbocycles. The van der Waals surface area contributed by atoms with Gasteiger partial charge in [0.25, 0.3) is 5.91 Å². The second-order valence-corrected chi connectivity index (χ2v) is 7.37. The number of para-hydroxylation sites is 1. The number of aromatic nitrogens is 2. The molecule has 7 heteroatoms. The Morgan fingerprint density at radius 2 is 1.69 bits per heavy atom. The highest BCUT2D eigenvalue weighted by molar-refractivity contribution is 7.20. The van der Waals surface area contributed by atoms with E-state index in [4.69, 9.17) is 4.74 Å². The van der Waals surface area contributed by atoms with Crippen LogP contribution in [0.15, 0.2) is 60.9 Å². The van der Waals surface area contributed by atoms with Gasteiger partial charge in [0, 0.05) is 17.1 Å². The molecule has 0 aliphatic heterocycles. The Labute approximate surface area is 172 Å². The van der Waals surface area contributed by atoms with E-state index in [0.29, 0.717) is 17.4 Å². The molecule has 2 aromatic carbocycles. The third-order valence-electron chi connectivity index (χ3n) is 4.38. The smallest absolute Gasteiger partial charge is 0.266 e. The zero-order valence-corrected chi connectivity index (χ0v) is 16.9. The van der Waals surface area contributed by atoms with Gasteiger partial charge >= 0.3 is 0 Å². The summed E-state index contributed by atoms with van der Waals surface area (Å²) >= 11 is 1.34. The van der Waals surface area contributed by atoms with Crippen LogP contribution in [-0.2, 0) is 0 Å². The number of rotatable bonds is 6. The van der Waals surface area contributed by atoms with Crippen LogP contribution >= 0.6 is 11.3 Å². The third kappa shape index (κ3) is 4.05. The van der Waals surface area contributed by atoms with Crippen LogP contribution in [0.4, 0.5) is 17.1 Å². The number of hydrogen-bond acceptors (Lipinski definition) is 6. The van der Waals surface area contributed by atoms with Gasteiger partial charge in [0.15, 0.2) is 0 Å². The van der Waals surface area contributed by atoms with Gasteiger partial charge in [-0.25, -0.2) is 9.97 Å². The fourth-order valence-corrected chi connectivity index (χ4v) is 4.05. The number of benzene rings is 2. The summed E-state index contributed by atoms with van der Waals surface area (Å²) in [6, 6.07) is 17.5. The molecule has 2 aromatic heterocycles. The molecule has 2 heterocycles. The molecule has 6 nitrogen and oxygen atoms in total. The molecule has 1 amide bonds. The van der Waals surface area contributed by atoms with E-state index in [1.807, 2.05) is 68.4 Å². The lowest BCUT2D eigenvalue weighted by atomic mass is 10.2. The van der Waals surface area contributed by atoms with Gasteiger partial charge in [0.1, 0.15) is 11.2 Å². The number of aryl methyl sites for hydroxylation is 1. The van der Waals surface area contributed by atoms with Gasteiger partial charge in [-0.2, -0.15) is 0 Å². The van der Waals surface area contributed by atoms with E-state index >= 15 is 0 Å². The van der Waals surface area contributed by atoms with E-state index in [0.717, 1.165) is 32.8 Å². The Morgan fingerprint density at radius 1 is 1.00 bits per heavy atom. The summed E-state index contributed by atoms with van der Waals surface area (Å²) in [7, 11) is 0. The first-order valence-corrected chi connectivity index (χ1v) is 10.1. The minimum absolute atomic E-state index is 0.170. The van der Waals surface area contributed by atoms with Crippen LogP contribution in [0, 0.1) is 6.92 Å². The first-order valence-electron chi connectivity index (χ1n) is 9.26. The first-order chi connectivity index (χ1) is 14.2. The van der Waals surface area contributed by atoms with Crippen molar-refractivity contribution in [1.29, 1.82) is 0 Å². The van der Waals surface area contributed by atoms with Gasteiger partial charge < -0.3 is 15.4 Å². The molecule has 0 atom stereocenters. The SMILES string of the molecule is CCOc1ncnc2sc(C(=O)Nc3ccc(Nc4ccccc4)cc3)c(C)c12. The highest BCUT2D eigenvalue weighted by Crippen LogP contribution is 2.34. The summed E-state index contributed by atoms with van der Waals surface area (Å²) in [5, 5.41) is 7.08. The largest absolute Gasteiger partial charge is 0.477 e. The van der Waals surface area contributed by atoms with Gasteiger partial charge in [0.05, 0.1) is 16.9 Å². The second-order valence-electron chi connectivity index (χ2n) is 6.37. The monoisotopic (exact) mass is 404 g/mol. The molecule has 0 radical (unpaired) electrons. The number of carbonyl (C=O) groups is 1. The Morgan fingerprint density at radius 3 is 2.41 bits per heavy atom. The van der Waals surface area contributed by atoms with Crippen LogP contribution in [0.3, 0.4) is 0 Å². The summed E-state index contributed by atoms with van der Waals surface area (Å²) in [5.74, 6) is 0.346. The van der Waals surface area contributed by atoms with Crippen molar-refractivity contribution in [3.8, 4) is 5.88 Å². The predicted octanol–water partition coefficient (Wildman–Crippen LogP) is 5.39. The fraction of sp³-hybridized carbons (Fsp3) is 0.136. The normalized spacial score (nSPS) is 10.7. The maximum Gasteiger partial charge on any atom is 0.266 e. The molecule has 2 N–H and O–H groups in total. The van der Waals surface area contributed by atoms with E-state index in [2.05, 4.69) is 20.6 Å². The highest BCUT2D eigenvalue weighted by atomic mass is 32.1. The number of anilines is 3. The maximum absolute atomic E-state index is 12.8. The molecule has 146 valence electrons. The zero-order chi connectivity index (χ0) is 20.2. The van der Waals surface area contributed by atoms with Crippen molar-refractivity contribution in [2.24, 2.45) is 0 Å². The van der Waals surface area contributed by atoms with Crippen molar-refractivity contribution in [1.82, 2.24) is 9.97 Å². The lowest BCUT2D eigenvalue weighted by Crippen LogP contribution is -2.11. The Hall–Kier alpha value is -3.45. The van der Waals surface area contributed by atoms with Gasteiger partial charge in [-0.1, -0.05) is 18.2 Å². The number of nitrogens with zero attached hydrogens (tertiary/aromatic N) is 2. The third-order valence-corrected chi connectivity index (χ3v) is 5.58.